The van der Waals surface area contributed by atoms with Crippen LogP contribution in [0.1, 0.15) is 30.3 Å². The van der Waals surface area contributed by atoms with Crippen LogP contribution in [-0.2, 0) is 0 Å². The smallest absolute Gasteiger partial charge is 0.422 e. The van der Waals surface area contributed by atoms with Gasteiger partial charge in [-0.1, -0.05) is 0 Å². The molecule has 0 aliphatic heterocycles. The maximum Gasteiger partial charge on any atom is 0.422 e. The minimum atomic E-state index is -4.59. The quantitative estimate of drug-likeness (QED) is 0.682. The van der Waals surface area contributed by atoms with Crippen molar-refractivity contribution in [2.24, 2.45) is 5.92 Å². The minimum absolute atomic E-state index is 0.00358. The minimum Gasteiger partial charge on any atom is -0.466 e. The van der Waals surface area contributed by atoms with Gasteiger partial charge in [0, 0.05) is 12.1 Å². The number of halogens is 4. The summed E-state index contributed by atoms with van der Waals surface area (Å²) in [4.78, 5) is 20.2. The molecule has 3 rings (SSSR count). The lowest BCUT2D eigenvalue weighted by molar-refractivity contribution is -0.154. The van der Waals surface area contributed by atoms with E-state index in [9.17, 15) is 27.5 Å². The van der Waals surface area contributed by atoms with Crippen molar-refractivity contribution >= 4 is 5.91 Å². The summed E-state index contributed by atoms with van der Waals surface area (Å²) in [6.45, 7) is 0.0245. The predicted octanol–water partition coefficient (Wildman–Crippen LogP) is 3.11. The first-order valence-electron chi connectivity index (χ1n) is 8.88. The molecule has 0 spiro atoms. The van der Waals surface area contributed by atoms with E-state index in [1.54, 1.807) is 6.92 Å². The summed E-state index contributed by atoms with van der Waals surface area (Å²) in [5, 5.41) is 12.8. The number of nitrogens with zero attached hydrogens (tertiary/aromatic N) is 2. The highest BCUT2D eigenvalue weighted by molar-refractivity contribution is 5.92. The van der Waals surface area contributed by atoms with Crippen LogP contribution >= 0.6 is 0 Å². The Bertz CT molecular complexity index is 881. The van der Waals surface area contributed by atoms with Crippen molar-refractivity contribution in [3.05, 3.63) is 42.0 Å². The molecule has 6 nitrogen and oxygen atoms in total. The molecule has 2 aromatic rings. The van der Waals surface area contributed by atoms with Gasteiger partial charge in [0.25, 0.3) is 5.91 Å². The molecular weight excluding hydrogens is 394 g/mol. The Balaban J connectivity index is 1.83. The van der Waals surface area contributed by atoms with Crippen LogP contribution in [0.5, 0.6) is 5.88 Å². The van der Waals surface area contributed by atoms with E-state index < -0.39 is 36.0 Å². The average Bonchev–Trinajstić information content (AvgIpc) is 3.50. The van der Waals surface area contributed by atoms with Crippen molar-refractivity contribution in [1.82, 2.24) is 15.3 Å². The standard InChI is InChI=1S/C19H19F4N3O3/c1-18(28,12-4-5-12)9-25-16(27)14-8-24-17(29-10-19(21,22)23)15(26-14)11-2-6-13(20)7-3-11/h2-3,6-8,12,28H,4-5,9-10H2,1H3,(H,25,27)/t18-/m0/s1. The van der Waals surface area contributed by atoms with Gasteiger partial charge in [0.1, 0.15) is 17.2 Å². The number of aromatic nitrogens is 2. The molecule has 1 aliphatic carbocycles. The molecule has 1 heterocycles. The number of rotatable bonds is 7. The zero-order valence-corrected chi connectivity index (χ0v) is 15.5. The molecule has 1 aliphatic rings. The summed E-state index contributed by atoms with van der Waals surface area (Å²) >= 11 is 0. The van der Waals surface area contributed by atoms with E-state index in [1.807, 2.05) is 0 Å². The molecular formula is C19H19F4N3O3. The first-order chi connectivity index (χ1) is 13.5. The van der Waals surface area contributed by atoms with Gasteiger partial charge in [0.05, 0.1) is 11.8 Å². The maximum absolute atomic E-state index is 13.2. The van der Waals surface area contributed by atoms with Crippen molar-refractivity contribution in [2.45, 2.75) is 31.5 Å². The summed E-state index contributed by atoms with van der Waals surface area (Å²) in [6, 6.07) is 4.78. The zero-order chi connectivity index (χ0) is 21.2. The van der Waals surface area contributed by atoms with Crippen molar-refractivity contribution in [2.75, 3.05) is 13.2 Å². The van der Waals surface area contributed by atoms with E-state index in [0.29, 0.717) is 0 Å². The normalized spacial score (nSPS) is 16.2. The number of benzene rings is 1. The first kappa shape index (κ1) is 21.0. The van der Waals surface area contributed by atoms with Crippen molar-refractivity contribution in [1.29, 1.82) is 0 Å². The number of alkyl halides is 3. The SMILES string of the molecule is C[C@](O)(CNC(=O)c1cnc(OCC(F)(F)F)c(-c2ccc(F)cc2)n1)C1CC1. The Hall–Kier alpha value is -2.75. The third-order valence-corrected chi connectivity index (χ3v) is 4.53. The Morgan fingerprint density at radius 1 is 1.28 bits per heavy atom. The predicted molar refractivity (Wildman–Crippen MR) is 94.7 cm³/mol. The van der Waals surface area contributed by atoms with Gasteiger partial charge in [-0.25, -0.2) is 14.4 Å². The maximum atomic E-state index is 13.2. The van der Waals surface area contributed by atoms with Crippen LogP contribution in [0.4, 0.5) is 17.6 Å². The summed E-state index contributed by atoms with van der Waals surface area (Å²) < 4.78 is 55.4. The monoisotopic (exact) mass is 413 g/mol. The molecule has 10 heteroatoms. The van der Waals surface area contributed by atoms with Gasteiger partial charge in [-0.05, 0) is 49.9 Å². The molecule has 1 fully saturated rings. The molecule has 1 aromatic heterocycles. The number of ether oxygens (including phenoxy) is 1. The van der Waals surface area contributed by atoms with Gasteiger partial charge in [0.15, 0.2) is 6.61 Å². The van der Waals surface area contributed by atoms with Gasteiger partial charge in [0.2, 0.25) is 5.88 Å². The fourth-order valence-electron chi connectivity index (χ4n) is 2.74. The molecule has 1 atom stereocenters. The molecule has 1 amide bonds. The van der Waals surface area contributed by atoms with E-state index in [0.717, 1.165) is 31.2 Å². The van der Waals surface area contributed by atoms with Crippen LogP contribution in [0.25, 0.3) is 11.3 Å². The molecule has 1 aromatic carbocycles. The van der Waals surface area contributed by atoms with Crippen molar-refractivity contribution in [3.8, 4) is 17.1 Å². The van der Waals surface area contributed by atoms with Crippen LogP contribution in [-0.4, -0.2) is 45.9 Å². The largest absolute Gasteiger partial charge is 0.466 e. The van der Waals surface area contributed by atoms with Gasteiger partial charge < -0.3 is 15.2 Å². The Labute approximate surface area is 163 Å². The Morgan fingerprint density at radius 2 is 1.93 bits per heavy atom. The highest BCUT2D eigenvalue weighted by Gasteiger charge is 2.40. The summed E-state index contributed by atoms with van der Waals surface area (Å²) in [5.74, 6) is -1.52. The van der Waals surface area contributed by atoms with Crippen LogP contribution in [0.3, 0.4) is 0 Å². The fraction of sp³-hybridized carbons (Fsp3) is 0.421. The van der Waals surface area contributed by atoms with Crippen LogP contribution < -0.4 is 10.1 Å². The number of carbonyl (C=O) groups is 1. The van der Waals surface area contributed by atoms with Gasteiger partial charge in [-0.3, -0.25) is 4.79 Å². The van der Waals surface area contributed by atoms with Crippen molar-refractivity contribution in [3.63, 3.8) is 0 Å². The van der Waals surface area contributed by atoms with E-state index in [2.05, 4.69) is 15.3 Å². The molecule has 1 saturated carbocycles. The van der Waals surface area contributed by atoms with Gasteiger partial charge >= 0.3 is 6.18 Å². The first-order valence-corrected chi connectivity index (χ1v) is 8.88. The molecule has 2 N–H and O–H groups in total. The second kappa shape index (κ2) is 7.94. The third kappa shape index (κ3) is 5.63. The third-order valence-electron chi connectivity index (χ3n) is 4.53. The zero-order valence-electron chi connectivity index (χ0n) is 15.5. The number of hydrogen-bond acceptors (Lipinski definition) is 5. The van der Waals surface area contributed by atoms with Crippen LogP contribution in [0.2, 0.25) is 0 Å². The summed E-state index contributed by atoms with van der Waals surface area (Å²) in [7, 11) is 0. The average molecular weight is 413 g/mol. The lowest BCUT2D eigenvalue weighted by Gasteiger charge is -2.23. The van der Waals surface area contributed by atoms with Crippen LogP contribution in [0, 0.1) is 11.7 Å². The van der Waals surface area contributed by atoms with E-state index in [-0.39, 0.29) is 29.4 Å². The second-order valence-electron chi connectivity index (χ2n) is 7.13. The molecule has 0 bridgehead atoms. The van der Waals surface area contributed by atoms with E-state index >= 15 is 0 Å². The van der Waals surface area contributed by atoms with E-state index in [4.69, 9.17) is 4.74 Å². The number of aliphatic hydroxyl groups is 1. The number of amides is 1. The highest BCUT2D eigenvalue weighted by atomic mass is 19.4. The molecule has 0 unspecified atom stereocenters. The van der Waals surface area contributed by atoms with Crippen molar-refractivity contribution < 1.29 is 32.2 Å². The van der Waals surface area contributed by atoms with Gasteiger partial charge in [-0.2, -0.15) is 13.2 Å². The number of hydrogen-bond donors (Lipinski definition) is 2. The number of carbonyl (C=O) groups excluding carboxylic acids is 1. The lowest BCUT2D eigenvalue weighted by atomic mass is 10.0. The van der Waals surface area contributed by atoms with Crippen LogP contribution in [0.15, 0.2) is 30.5 Å². The number of nitrogens with one attached hydrogen (secondary N) is 1. The lowest BCUT2D eigenvalue weighted by Crippen LogP contribution is -2.42. The summed E-state index contributed by atoms with van der Waals surface area (Å²) in [6.07, 6.45) is -1.85. The second-order valence-corrected chi connectivity index (χ2v) is 7.13. The molecule has 29 heavy (non-hydrogen) atoms. The highest BCUT2D eigenvalue weighted by Crippen LogP contribution is 2.39. The Morgan fingerprint density at radius 3 is 2.52 bits per heavy atom. The van der Waals surface area contributed by atoms with E-state index in [1.165, 1.54) is 12.1 Å². The molecule has 0 saturated heterocycles. The van der Waals surface area contributed by atoms with Gasteiger partial charge in [-0.15, -0.1) is 0 Å². The molecule has 0 radical (unpaired) electrons. The summed E-state index contributed by atoms with van der Waals surface area (Å²) in [5.41, 5.74) is -1.12. The fourth-order valence-corrected chi connectivity index (χ4v) is 2.74. The Kier molecular flexibility index (Phi) is 5.74. The topological polar surface area (TPSA) is 84.3 Å². The molecule has 156 valence electrons.